The van der Waals surface area contributed by atoms with E-state index in [-0.39, 0.29) is 30.9 Å². The fraction of sp³-hybridized carbons (Fsp3) is 0.438. The van der Waals surface area contributed by atoms with Crippen LogP contribution in [0.1, 0.15) is 19.8 Å². The highest BCUT2D eigenvalue weighted by Crippen LogP contribution is 2.32. The first-order valence-corrected chi connectivity index (χ1v) is 7.52. The lowest BCUT2D eigenvalue weighted by molar-refractivity contribution is -0.130. The largest absolute Gasteiger partial charge is 0.352 e. The molecule has 1 saturated carbocycles. The second-order valence-corrected chi connectivity index (χ2v) is 5.88. The average molecular weight is 301 g/mol. The van der Waals surface area contributed by atoms with Crippen LogP contribution in [0.4, 0.5) is 10.5 Å². The Morgan fingerprint density at radius 3 is 2.59 bits per heavy atom. The van der Waals surface area contributed by atoms with Crippen LogP contribution in [-0.4, -0.2) is 41.9 Å². The van der Waals surface area contributed by atoms with Crippen molar-refractivity contribution >= 4 is 23.5 Å². The topological polar surface area (TPSA) is 69.7 Å². The minimum Gasteiger partial charge on any atom is -0.352 e. The van der Waals surface area contributed by atoms with Crippen LogP contribution in [0, 0.1) is 5.92 Å². The molecule has 1 aliphatic carbocycles. The van der Waals surface area contributed by atoms with Crippen molar-refractivity contribution in [3.63, 3.8) is 0 Å². The van der Waals surface area contributed by atoms with Gasteiger partial charge in [-0.05, 0) is 37.8 Å². The third-order valence-corrected chi connectivity index (χ3v) is 4.14. The van der Waals surface area contributed by atoms with Crippen molar-refractivity contribution in [3.8, 4) is 0 Å². The van der Waals surface area contributed by atoms with Crippen molar-refractivity contribution in [1.29, 1.82) is 0 Å². The van der Waals surface area contributed by atoms with Crippen LogP contribution in [-0.2, 0) is 9.59 Å². The second-order valence-electron chi connectivity index (χ2n) is 5.88. The summed E-state index contributed by atoms with van der Waals surface area (Å²) in [5.74, 6) is -0.0890. The number of amides is 4. The highest BCUT2D eigenvalue weighted by molar-refractivity contribution is 6.13. The molecule has 0 unspecified atom stereocenters. The summed E-state index contributed by atoms with van der Waals surface area (Å²) in [5.41, 5.74) is 0.662. The second kappa shape index (κ2) is 5.79. The van der Waals surface area contributed by atoms with Gasteiger partial charge in [0.25, 0.3) is 5.91 Å². The predicted molar refractivity (Wildman–Crippen MR) is 81.2 cm³/mol. The summed E-state index contributed by atoms with van der Waals surface area (Å²) in [6.07, 6.45) is 2.26. The molecule has 116 valence electrons. The first-order valence-electron chi connectivity index (χ1n) is 7.52. The van der Waals surface area contributed by atoms with Gasteiger partial charge in [0.15, 0.2) is 0 Å². The van der Waals surface area contributed by atoms with Crippen molar-refractivity contribution in [2.75, 3.05) is 18.0 Å². The normalized spacial score (nSPS) is 19.5. The number of nitrogens with zero attached hydrogens (tertiary/aromatic N) is 2. The molecule has 4 amide bonds. The van der Waals surface area contributed by atoms with E-state index in [4.69, 9.17) is 0 Å². The predicted octanol–water partition coefficient (Wildman–Crippen LogP) is 1.37. The molecule has 0 bridgehead atoms. The number of imide groups is 1. The minimum absolute atomic E-state index is 0.0195. The van der Waals surface area contributed by atoms with Crippen LogP contribution >= 0.6 is 0 Å². The maximum atomic E-state index is 12.3. The Morgan fingerprint density at radius 2 is 1.95 bits per heavy atom. The zero-order chi connectivity index (χ0) is 15.7. The van der Waals surface area contributed by atoms with E-state index in [0.717, 1.165) is 17.7 Å². The molecule has 1 aromatic rings. The summed E-state index contributed by atoms with van der Waals surface area (Å²) in [6.45, 7) is 1.73. The summed E-state index contributed by atoms with van der Waals surface area (Å²) in [4.78, 5) is 38.8. The SMILES string of the molecule is C[C@H](NC(=O)CN1C(=O)CN(c2ccccc2)C1=O)C1CC1. The fourth-order valence-corrected chi connectivity index (χ4v) is 2.66. The van der Waals surface area contributed by atoms with Crippen LogP contribution in [0.3, 0.4) is 0 Å². The van der Waals surface area contributed by atoms with Crippen molar-refractivity contribution in [3.05, 3.63) is 30.3 Å². The van der Waals surface area contributed by atoms with Gasteiger partial charge in [0.2, 0.25) is 5.91 Å². The number of anilines is 1. The number of rotatable bonds is 5. The maximum absolute atomic E-state index is 12.3. The van der Waals surface area contributed by atoms with Crippen LogP contribution in [0.5, 0.6) is 0 Å². The number of nitrogens with one attached hydrogen (secondary N) is 1. The van der Waals surface area contributed by atoms with Gasteiger partial charge in [-0.25, -0.2) is 4.79 Å². The zero-order valence-corrected chi connectivity index (χ0v) is 12.5. The Balaban J connectivity index is 1.63. The van der Waals surface area contributed by atoms with Gasteiger partial charge in [0.1, 0.15) is 13.1 Å². The number of carbonyl (C=O) groups excluding carboxylic acids is 3. The Labute approximate surface area is 129 Å². The molecule has 1 heterocycles. The Kier molecular flexibility index (Phi) is 3.83. The molecule has 2 fully saturated rings. The number of carbonyl (C=O) groups is 3. The van der Waals surface area contributed by atoms with Crippen molar-refractivity contribution in [2.24, 2.45) is 5.92 Å². The molecule has 1 aliphatic heterocycles. The highest BCUT2D eigenvalue weighted by atomic mass is 16.2. The van der Waals surface area contributed by atoms with Crippen molar-refractivity contribution in [2.45, 2.75) is 25.8 Å². The van der Waals surface area contributed by atoms with Crippen molar-refractivity contribution in [1.82, 2.24) is 10.2 Å². The van der Waals surface area contributed by atoms with E-state index < -0.39 is 6.03 Å². The van der Waals surface area contributed by atoms with Gasteiger partial charge in [-0.3, -0.25) is 19.4 Å². The molecule has 0 spiro atoms. The lowest BCUT2D eigenvalue weighted by Crippen LogP contribution is -2.44. The third-order valence-electron chi connectivity index (χ3n) is 4.14. The summed E-state index contributed by atoms with van der Waals surface area (Å²) in [5, 5.41) is 2.86. The van der Waals surface area contributed by atoms with E-state index >= 15 is 0 Å². The van der Waals surface area contributed by atoms with Gasteiger partial charge in [-0.1, -0.05) is 18.2 Å². The molecular formula is C16H19N3O3. The maximum Gasteiger partial charge on any atom is 0.332 e. The van der Waals surface area contributed by atoms with Gasteiger partial charge in [-0.2, -0.15) is 0 Å². The molecule has 1 N–H and O–H groups in total. The van der Waals surface area contributed by atoms with E-state index in [1.165, 1.54) is 4.90 Å². The standard InChI is InChI=1S/C16H19N3O3/c1-11(12-7-8-12)17-14(20)9-19-15(21)10-18(16(19)22)13-5-3-2-4-6-13/h2-6,11-12H,7-10H2,1H3,(H,17,20)/t11-/m0/s1. The van der Waals surface area contributed by atoms with Crippen LogP contribution in [0.25, 0.3) is 0 Å². The van der Waals surface area contributed by atoms with E-state index in [2.05, 4.69) is 5.32 Å². The van der Waals surface area contributed by atoms with Gasteiger partial charge < -0.3 is 5.32 Å². The number of benzene rings is 1. The van der Waals surface area contributed by atoms with Gasteiger partial charge in [0.05, 0.1) is 0 Å². The smallest absolute Gasteiger partial charge is 0.332 e. The Morgan fingerprint density at radius 1 is 1.27 bits per heavy atom. The first-order chi connectivity index (χ1) is 10.6. The molecule has 1 saturated heterocycles. The number of para-hydroxylation sites is 1. The quantitative estimate of drug-likeness (QED) is 0.835. The molecular weight excluding hydrogens is 282 g/mol. The fourth-order valence-electron chi connectivity index (χ4n) is 2.66. The first kappa shape index (κ1) is 14.6. The molecule has 0 aromatic heterocycles. The molecule has 3 rings (SSSR count). The van der Waals surface area contributed by atoms with E-state index in [1.807, 2.05) is 13.0 Å². The lowest BCUT2D eigenvalue weighted by atomic mass is 10.2. The third kappa shape index (κ3) is 2.95. The summed E-state index contributed by atoms with van der Waals surface area (Å²) in [6, 6.07) is 8.65. The molecule has 0 radical (unpaired) electrons. The van der Waals surface area contributed by atoms with E-state index in [1.54, 1.807) is 24.3 Å². The summed E-state index contributed by atoms with van der Waals surface area (Å²) in [7, 11) is 0. The lowest BCUT2D eigenvalue weighted by Gasteiger charge is -2.18. The van der Waals surface area contributed by atoms with Crippen LogP contribution < -0.4 is 10.2 Å². The highest BCUT2D eigenvalue weighted by Gasteiger charge is 2.38. The number of hydrogen-bond donors (Lipinski definition) is 1. The van der Waals surface area contributed by atoms with E-state index in [9.17, 15) is 14.4 Å². The van der Waals surface area contributed by atoms with Crippen LogP contribution in [0.15, 0.2) is 30.3 Å². The van der Waals surface area contributed by atoms with Gasteiger partial charge >= 0.3 is 6.03 Å². The number of urea groups is 1. The Bertz CT molecular complexity index is 598. The summed E-state index contributed by atoms with van der Waals surface area (Å²) < 4.78 is 0. The Hall–Kier alpha value is -2.37. The molecule has 22 heavy (non-hydrogen) atoms. The van der Waals surface area contributed by atoms with Gasteiger partial charge in [0, 0.05) is 11.7 Å². The molecule has 6 nitrogen and oxygen atoms in total. The monoisotopic (exact) mass is 301 g/mol. The van der Waals surface area contributed by atoms with Gasteiger partial charge in [-0.15, -0.1) is 0 Å². The van der Waals surface area contributed by atoms with E-state index in [0.29, 0.717) is 11.6 Å². The average Bonchev–Trinajstić information content (AvgIpc) is 3.31. The van der Waals surface area contributed by atoms with Crippen LogP contribution in [0.2, 0.25) is 0 Å². The molecule has 6 heteroatoms. The molecule has 2 aliphatic rings. The molecule has 1 aromatic carbocycles. The molecule has 1 atom stereocenters. The van der Waals surface area contributed by atoms with Crippen molar-refractivity contribution < 1.29 is 14.4 Å². The number of hydrogen-bond acceptors (Lipinski definition) is 3. The minimum atomic E-state index is -0.439. The zero-order valence-electron chi connectivity index (χ0n) is 12.5. The summed E-state index contributed by atoms with van der Waals surface area (Å²) >= 11 is 0.